The van der Waals surface area contributed by atoms with Crippen LogP contribution in [0.1, 0.15) is 61.5 Å². The van der Waals surface area contributed by atoms with Crippen molar-refractivity contribution in [3.63, 3.8) is 0 Å². The molecule has 4 rings (SSSR count). The topological polar surface area (TPSA) is 106 Å². The predicted molar refractivity (Wildman–Crippen MR) is 134 cm³/mol. The van der Waals surface area contributed by atoms with Crippen LogP contribution in [-0.4, -0.2) is 53.6 Å². The van der Waals surface area contributed by atoms with Crippen LogP contribution in [0.5, 0.6) is 5.75 Å². The van der Waals surface area contributed by atoms with Gasteiger partial charge in [0.1, 0.15) is 5.75 Å². The van der Waals surface area contributed by atoms with Gasteiger partial charge in [-0.05, 0) is 49.1 Å². The lowest BCUT2D eigenvalue weighted by atomic mass is 10.1. The fourth-order valence-electron chi connectivity index (χ4n) is 4.32. The van der Waals surface area contributed by atoms with E-state index in [1.807, 2.05) is 32.0 Å². The Kier molecular flexibility index (Phi) is 7.51. The molecule has 10 heteroatoms. The molecule has 0 bridgehead atoms. The maximum absolute atomic E-state index is 13.4. The Hall–Kier alpha value is -3.24. The number of rotatable bonds is 7. The maximum atomic E-state index is 13.4. The molecule has 0 aliphatic carbocycles. The average molecular weight is 498 g/mol. The summed E-state index contributed by atoms with van der Waals surface area (Å²) in [5.74, 6) is 0.560. The van der Waals surface area contributed by atoms with Crippen LogP contribution >= 0.6 is 0 Å². The zero-order valence-corrected chi connectivity index (χ0v) is 21.1. The lowest BCUT2D eigenvalue weighted by molar-refractivity contribution is 0.102. The van der Waals surface area contributed by atoms with E-state index in [1.165, 1.54) is 29.7 Å². The second-order valence-electron chi connectivity index (χ2n) is 8.83. The molecule has 186 valence electrons. The molecule has 0 unspecified atom stereocenters. The van der Waals surface area contributed by atoms with Crippen LogP contribution in [0.15, 0.2) is 53.7 Å². The molecule has 1 aliphatic rings. The summed E-state index contributed by atoms with van der Waals surface area (Å²) in [5.41, 5.74) is 1.37. The van der Waals surface area contributed by atoms with Gasteiger partial charge in [0.15, 0.2) is 5.82 Å². The number of methoxy groups -OCH3 is 1. The molecule has 9 nitrogen and oxygen atoms in total. The van der Waals surface area contributed by atoms with Crippen molar-refractivity contribution in [1.29, 1.82) is 0 Å². The molecule has 1 aliphatic heterocycles. The average Bonchev–Trinajstić information content (AvgIpc) is 3.12. The van der Waals surface area contributed by atoms with E-state index in [4.69, 9.17) is 4.74 Å². The Balaban J connectivity index is 1.66. The summed E-state index contributed by atoms with van der Waals surface area (Å²) in [6.07, 6.45) is 6.92. The van der Waals surface area contributed by atoms with Crippen LogP contribution in [-0.2, 0) is 10.0 Å². The number of nitrogens with zero attached hydrogens (tertiary/aromatic N) is 4. The van der Waals surface area contributed by atoms with Gasteiger partial charge in [0.2, 0.25) is 10.0 Å². The molecule has 3 heterocycles. The smallest absolute Gasteiger partial charge is 0.259 e. The van der Waals surface area contributed by atoms with Gasteiger partial charge >= 0.3 is 0 Å². The van der Waals surface area contributed by atoms with Gasteiger partial charge < -0.3 is 10.1 Å². The van der Waals surface area contributed by atoms with E-state index < -0.39 is 15.9 Å². The normalized spacial score (nSPS) is 15.1. The number of nitrogens with one attached hydrogen (secondary N) is 1. The van der Waals surface area contributed by atoms with Crippen LogP contribution in [0.4, 0.5) is 5.69 Å². The summed E-state index contributed by atoms with van der Waals surface area (Å²) in [4.78, 5) is 17.8. The number of carbonyl (C=O) groups excluding carboxylic acids is 1. The first-order chi connectivity index (χ1) is 16.8. The highest BCUT2D eigenvalue weighted by atomic mass is 32.2. The highest BCUT2D eigenvalue weighted by Crippen LogP contribution is 2.31. The molecule has 1 aromatic carbocycles. The van der Waals surface area contributed by atoms with E-state index in [0.717, 1.165) is 25.7 Å². The Labute approximate surface area is 206 Å². The van der Waals surface area contributed by atoms with E-state index in [9.17, 15) is 13.2 Å². The van der Waals surface area contributed by atoms with Crippen molar-refractivity contribution in [2.75, 3.05) is 25.5 Å². The number of ether oxygens (including phenoxy) is 1. The van der Waals surface area contributed by atoms with E-state index in [0.29, 0.717) is 35.9 Å². The SMILES string of the molecule is COc1ccc(S(=O)(=O)N2CCCCCC2)cc1NC(=O)c1cnn(-c2ccccn2)c1C(C)C. The summed E-state index contributed by atoms with van der Waals surface area (Å²) in [6, 6.07) is 10.0. The van der Waals surface area contributed by atoms with E-state index in [2.05, 4.69) is 15.4 Å². The summed E-state index contributed by atoms with van der Waals surface area (Å²) < 4.78 is 35.2. The number of amides is 1. The molecular formula is C25H31N5O4S. The third kappa shape index (κ3) is 5.23. The Morgan fingerprint density at radius 1 is 1.09 bits per heavy atom. The lowest BCUT2D eigenvalue weighted by Crippen LogP contribution is -2.32. The van der Waals surface area contributed by atoms with Crippen molar-refractivity contribution in [3.05, 3.63) is 60.0 Å². The fraction of sp³-hybridized carbons (Fsp3) is 0.400. The zero-order chi connectivity index (χ0) is 25.0. The number of pyridine rings is 1. The number of carbonyl (C=O) groups is 1. The van der Waals surface area contributed by atoms with Crippen molar-refractivity contribution < 1.29 is 17.9 Å². The Bertz CT molecular complexity index is 1280. The molecule has 3 aromatic rings. The van der Waals surface area contributed by atoms with Crippen LogP contribution in [0, 0.1) is 0 Å². The third-order valence-corrected chi connectivity index (χ3v) is 7.98. The van der Waals surface area contributed by atoms with Crippen molar-refractivity contribution in [2.24, 2.45) is 0 Å². The molecule has 0 spiro atoms. The van der Waals surface area contributed by atoms with Gasteiger partial charge in [0, 0.05) is 19.3 Å². The molecule has 2 aromatic heterocycles. The maximum Gasteiger partial charge on any atom is 0.259 e. The first kappa shape index (κ1) is 24.9. The zero-order valence-electron chi connectivity index (χ0n) is 20.3. The molecule has 1 fully saturated rings. The Morgan fingerprint density at radius 2 is 1.83 bits per heavy atom. The summed E-state index contributed by atoms with van der Waals surface area (Å²) in [5, 5.41) is 7.24. The number of anilines is 1. The predicted octanol–water partition coefficient (Wildman–Crippen LogP) is 4.22. The van der Waals surface area contributed by atoms with Crippen LogP contribution in [0.25, 0.3) is 5.82 Å². The summed E-state index contributed by atoms with van der Waals surface area (Å²) in [7, 11) is -2.21. The van der Waals surface area contributed by atoms with E-state index in [1.54, 1.807) is 16.9 Å². The second-order valence-corrected chi connectivity index (χ2v) is 10.8. The number of sulfonamides is 1. The first-order valence-corrected chi connectivity index (χ1v) is 13.3. The van der Waals surface area contributed by atoms with Crippen molar-refractivity contribution in [3.8, 4) is 11.6 Å². The highest BCUT2D eigenvalue weighted by Gasteiger charge is 2.27. The van der Waals surface area contributed by atoms with Crippen LogP contribution in [0.3, 0.4) is 0 Å². The standard InChI is InChI=1S/C25H31N5O4S/c1-18(2)24-20(17-27-30(24)23-10-6-7-13-26-23)25(31)28-21-16-19(11-12-22(21)34-3)35(32,33)29-14-8-4-5-9-15-29/h6-7,10-13,16-18H,4-5,8-9,14-15H2,1-3H3,(H,28,31). The Morgan fingerprint density at radius 3 is 2.46 bits per heavy atom. The minimum Gasteiger partial charge on any atom is -0.495 e. The van der Waals surface area contributed by atoms with Gasteiger partial charge in [-0.2, -0.15) is 9.40 Å². The highest BCUT2D eigenvalue weighted by molar-refractivity contribution is 7.89. The molecule has 1 N–H and O–H groups in total. The van der Waals surface area contributed by atoms with E-state index in [-0.39, 0.29) is 16.5 Å². The number of hydrogen-bond donors (Lipinski definition) is 1. The monoisotopic (exact) mass is 497 g/mol. The fourth-order valence-corrected chi connectivity index (χ4v) is 5.86. The van der Waals surface area contributed by atoms with Gasteiger partial charge in [0.05, 0.1) is 35.1 Å². The van der Waals surface area contributed by atoms with Crippen molar-refractivity contribution in [1.82, 2.24) is 19.1 Å². The molecular weight excluding hydrogens is 466 g/mol. The number of aromatic nitrogens is 3. The van der Waals surface area contributed by atoms with Gasteiger partial charge in [0.25, 0.3) is 5.91 Å². The summed E-state index contributed by atoms with van der Waals surface area (Å²) in [6.45, 7) is 4.95. The molecule has 1 saturated heterocycles. The van der Waals surface area contributed by atoms with Crippen LogP contribution in [0.2, 0.25) is 0 Å². The largest absolute Gasteiger partial charge is 0.495 e. The lowest BCUT2D eigenvalue weighted by Gasteiger charge is -2.21. The summed E-state index contributed by atoms with van der Waals surface area (Å²) >= 11 is 0. The van der Waals surface area contributed by atoms with Crippen molar-refractivity contribution >= 4 is 21.6 Å². The second kappa shape index (κ2) is 10.6. The van der Waals surface area contributed by atoms with E-state index >= 15 is 0 Å². The molecule has 1 amide bonds. The van der Waals surface area contributed by atoms with Gasteiger partial charge in [-0.3, -0.25) is 4.79 Å². The van der Waals surface area contributed by atoms with Gasteiger partial charge in [-0.1, -0.05) is 32.8 Å². The van der Waals surface area contributed by atoms with Gasteiger partial charge in [-0.15, -0.1) is 0 Å². The van der Waals surface area contributed by atoms with Crippen molar-refractivity contribution in [2.45, 2.75) is 50.3 Å². The minimum absolute atomic E-state index is 0.0168. The number of benzene rings is 1. The third-order valence-electron chi connectivity index (χ3n) is 6.09. The van der Waals surface area contributed by atoms with Crippen LogP contribution < -0.4 is 10.1 Å². The molecule has 0 radical (unpaired) electrons. The van der Waals surface area contributed by atoms with Gasteiger partial charge in [-0.25, -0.2) is 18.1 Å². The molecule has 35 heavy (non-hydrogen) atoms. The first-order valence-electron chi connectivity index (χ1n) is 11.8. The molecule has 0 saturated carbocycles. The minimum atomic E-state index is -3.69. The quantitative estimate of drug-likeness (QED) is 0.524. The molecule has 0 atom stereocenters. The number of hydrogen-bond acceptors (Lipinski definition) is 6.